The summed E-state index contributed by atoms with van der Waals surface area (Å²) in [5.41, 5.74) is 9.17. The molecule has 1 rings (SSSR count). The molecule has 3 nitrogen and oxygen atoms in total. The second-order valence-electron chi connectivity index (χ2n) is 4.81. The van der Waals surface area contributed by atoms with E-state index in [1.165, 1.54) is 16.7 Å². The molecule has 0 bridgehead atoms. The molecule has 0 aliphatic carbocycles. The summed E-state index contributed by atoms with van der Waals surface area (Å²) < 4.78 is 5.65. The van der Waals surface area contributed by atoms with Gasteiger partial charge in [-0.05, 0) is 61.9 Å². The first-order chi connectivity index (χ1) is 8.58. The Bertz CT molecular complexity index is 354. The number of aryl methyl sites for hydroxylation is 2. The largest absolute Gasteiger partial charge is 0.494 e. The first kappa shape index (κ1) is 15.0. The first-order valence-corrected chi connectivity index (χ1v) is 6.69. The molecule has 0 aliphatic rings. The van der Waals surface area contributed by atoms with Crippen molar-refractivity contribution in [3.63, 3.8) is 0 Å². The Balaban J connectivity index is 2.74. The quantitative estimate of drug-likeness (QED) is 0.782. The molecule has 18 heavy (non-hydrogen) atoms. The number of nitrogens with two attached hydrogens (primary N) is 1. The van der Waals surface area contributed by atoms with Gasteiger partial charge in [0.05, 0.1) is 12.7 Å². The van der Waals surface area contributed by atoms with Crippen molar-refractivity contribution in [1.82, 2.24) is 0 Å². The Morgan fingerprint density at radius 2 is 1.89 bits per heavy atom. The summed E-state index contributed by atoms with van der Waals surface area (Å²) >= 11 is 0. The van der Waals surface area contributed by atoms with Crippen LogP contribution < -0.4 is 10.5 Å². The highest BCUT2D eigenvalue weighted by Gasteiger charge is 2.08. The van der Waals surface area contributed by atoms with Crippen LogP contribution in [0, 0.1) is 13.8 Å². The standard InChI is InChI=1S/C15H25NO2/c1-4-7-18-14-8-11(2)15(12(3)9-14)6-5-13(17)10-16/h8-9,13,17H,4-7,10,16H2,1-3H3. The van der Waals surface area contributed by atoms with Gasteiger partial charge in [-0.15, -0.1) is 0 Å². The summed E-state index contributed by atoms with van der Waals surface area (Å²) in [6.07, 6.45) is 2.19. The highest BCUT2D eigenvalue weighted by Crippen LogP contribution is 2.23. The first-order valence-electron chi connectivity index (χ1n) is 6.69. The monoisotopic (exact) mass is 251 g/mol. The van der Waals surface area contributed by atoms with Crippen LogP contribution in [0.5, 0.6) is 5.75 Å². The van der Waals surface area contributed by atoms with Crippen LogP contribution in [0.4, 0.5) is 0 Å². The molecule has 1 aromatic carbocycles. The van der Waals surface area contributed by atoms with E-state index in [4.69, 9.17) is 10.5 Å². The van der Waals surface area contributed by atoms with E-state index >= 15 is 0 Å². The van der Waals surface area contributed by atoms with Gasteiger partial charge in [0.15, 0.2) is 0 Å². The van der Waals surface area contributed by atoms with Crippen LogP contribution in [0.15, 0.2) is 12.1 Å². The molecule has 0 radical (unpaired) electrons. The molecule has 1 unspecified atom stereocenters. The molecule has 0 amide bonds. The highest BCUT2D eigenvalue weighted by molar-refractivity contribution is 5.41. The van der Waals surface area contributed by atoms with E-state index in [9.17, 15) is 5.11 Å². The van der Waals surface area contributed by atoms with Gasteiger partial charge in [0, 0.05) is 6.54 Å². The Kier molecular flexibility index (Phi) is 6.16. The lowest BCUT2D eigenvalue weighted by Crippen LogP contribution is -2.20. The van der Waals surface area contributed by atoms with Gasteiger partial charge in [-0.2, -0.15) is 0 Å². The zero-order valence-electron chi connectivity index (χ0n) is 11.7. The molecule has 0 heterocycles. The summed E-state index contributed by atoms with van der Waals surface area (Å²) in [5, 5.41) is 9.52. The van der Waals surface area contributed by atoms with E-state index in [0.717, 1.165) is 25.2 Å². The highest BCUT2D eigenvalue weighted by atomic mass is 16.5. The van der Waals surface area contributed by atoms with Gasteiger partial charge in [0.1, 0.15) is 5.75 Å². The van der Waals surface area contributed by atoms with Crippen molar-refractivity contribution < 1.29 is 9.84 Å². The van der Waals surface area contributed by atoms with Crippen molar-refractivity contribution in [1.29, 1.82) is 0 Å². The Labute approximate surface area is 110 Å². The van der Waals surface area contributed by atoms with Crippen molar-refractivity contribution in [3.05, 3.63) is 28.8 Å². The van der Waals surface area contributed by atoms with Crippen molar-refractivity contribution in [2.24, 2.45) is 5.73 Å². The number of rotatable bonds is 7. The predicted molar refractivity (Wildman–Crippen MR) is 75.1 cm³/mol. The van der Waals surface area contributed by atoms with Crippen LogP contribution in [-0.4, -0.2) is 24.4 Å². The molecule has 102 valence electrons. The minimum absolute atomic E-state index is 0.329. The van der Waals surface area contributed by atoms with Gasteiger partial charge in [0.2, 0.25) is 0 Å². The number of ether oxygens (including phenoxy) is 1. The third-order valence-electron chi connectivity index (χ3n) is 3.14. The lowest BCUT2D eigenvalue weighted by atomic mass is 9.97. The number of benzene rings is 1. The van der Waals surface area contributed by atoms with Crippen LogP contribution in [0.2, 0.25) is 0 Å². The number of aliphatic hydroxyl groups excluding tert-OH is 1. The lowest BCUT2D eigenvalue weighted by Gasteiger charge is -2.14. The summed E-state index contributed by atoms with van der Waals surface area (Å²) in [7, 11) is 0. The molecule has 3 N–H and O–H groups in total. The van der Waals surface area contributed by atoms with Crippen LogP contribution in [0.3, 0.4) is 0 Å². The van der Waals surface area contributed by atoms with E-state index in [-0.39, 0.29) is 0 Å². The molecule has 0 aliphatic heterocycles. The maximum atomic E-state index is 9.52. The van der Waals surface area contributed by atoms with Gasteiger partial charge in [-0.1, -0.05) is 6.92 Å². The molecular formula is C15H25NO2. The fourth-order valence-electron chi connectivity index (χ4n) is 2.08. The minimum atomic E-state index is -0.403. The fraction of sp³-hybridized carbons (Fsp3) is 0.600. The SMILES string of the molecule is CCCOc1cc(C)c(CCC(O)CN)c(C)c1. The van der Waals surface area contributed by atoms with Crippen molar-refractivity contribution in [2.45, 2.75) is 46.1 Å². The van der Waals surface area contributed by atoms with Gasteiger partial charge in [-0.3, -0.25) is 0 Å². The summed E-state index contributed by atoms with van der Waals surface area (Å²) in [6, 6.07) is 4.15. The molecule has 0 saturated carbocycles. The van der Waals surface area contributed by atoms with E-state index < -0.39 is 6.10 Å². The fourth-order valence-corrected chi connectivity index (χ4v) is 2.08. The second-order valence-corrected chi connectivity index (χ2v) is 4.81. The average molecular weight is 251 g/mol. The zero-order chi connectivity index (χ0) is 13.5. The summed E-state index contributed by atoms with van der Waals surface area (Å²) in [4.78, 5) is 0. The normalized spacial score (nSPS) is 12.5. The Morgan fingerprint density at radius 3 is 2.39 bits per heavy atom. The van der Waals surface area contributed by atoms with Crippen molar-refractivity contribution >= 4 is 0 Å². The third-order valence-corrected chi connectivity index (χ3v) is 3.14. The maximum absolute atomic E-state index is 9.52. The average Bonchev–Trinajstić information content (AvgIpc) is 2.34. The van der Waals surface area contributed by atoms with Crippen LogP contribution in [-0.2, 0) is 6.42 Å². The molecular weight excluding hydrogens is 226 g/mol. The van der Waals surface area contributed by atoms with Crippen molar-refractivity contribution in [3.8, 4) is 5.75 Å². The molecule has 0 saturated heterocycles. The topological polar surface area (TPSA) is 55.5 Å². The number of hydrogen-bond acceptors (Lipinski definition) is 3. The van der Waals surface area contributed by atoms with Crippen LogP contribution in [0.1, 0.15) is 36.5 Å². The number of hydrogen-bond donors (Lipinski definition) is 2. The second kappa shape index (κ2) is 7.39. The Morgan fingerprint density at radius 1 is 1.28 bits per heavy atom. The van der Waals surface area contributed by atoms with Crippen LogP contribution >= 0.6 is 0 Å². The Hall–Kier alpha value is -1.06. The van der Waals surface area contributed by atoms with E-state index in [1.54, 1.807) is 0 Å². The summed E-state index contributed by atoms with van der Waals surface area (Å²) in [5.74, 6) is 0.940. The van der Waals surface area contributed by atoms with Gasteiger partial charge >= 0.3 is 0 Å². The molecule has 0 aromatic heterocycles. The van der Waals surface area contributed by atoms with Crippen LogP contribution in [0.25, 0.3) is 0 Å². The molecule has 0 spiro atoms. The molecule has 1 aromatic rings. The molecule has 3 heteroatoms. The van der Waals surface area contributed by atoms with Crippen molar-refractivity contribution in [2.75, 3.05) is 13.2 Å². The van der Waals surface area contributed by atoms with Gasteiger partial charge in [-0.25, -0.2) is 0 Å². The van der Waals surface area contributed by atoms with Gasteiger partial charge < -0.3 is 15.6 Å². The smallest absolute Gasteiger partial charge is 0.119 e. The van der Waals surface area contributed by atoms with E-state index in [0.29, 0.717) is 13.0 Å². The minimum Gasteiger partial charge on any atom is -0.494 e. The lowest BCUT2D eigenvalue weighted by molar-refractivity contribution is 0.173. The summed E-state index contributed by atoms with van der Waals surface area (Å²) in [6.45, 7) is 7.37. The maximum Gasteiger partial charge on any atom is 0.119 e. The predicted octanol–water partition coefficient (Wildman–Crippen LogP) is 2.34. The third kappa shape index (κ3) is 4.31. The number of aliphatic hydroxyl groups is 1. The van der Waals surface area contributed by atoms with Gasteiger partial charge in [0.25, 0.3) is 0 Å². The molecule has 0 fully saturated rings. The molecule has 1 atom stereocenters. The van der Waals surface area contributed by atoms with E-state index in [2.05, 4.69) is 32.9 Å². The zero-order valence-corrected chi connectivity index (χ0v) is 11.7. The van der Waals surface area contributed by atoms with E-state index in [1.807, 2.05) is 0 Å².